The molecule has 1 aliphatic rings. The summed E-state index contributed by atoms with van der Waals surface area (Å²) in [5.74, 6) is 1.63. The lowest BCUT2D eigenvalue weighted by atomic mass is 10.1. The normalized spacial score (nSPS) is 15.8. The van der Waals surface area contributed by atoms with Crippen LogP contribution in [0.4, 0.5) is 0 Å². The highest BCUT2D eigenvalue weighted by atomic mass is 16.5. The molecule has 0 atom stereocenters. The highest BCUT2D eigenvalue weighted by Crippen LogP contribution is 2.20. The maximum Gasteiger partial charge on any atom is 0.257 e. The first-order valence-corrected chi connectivity index (χ1v) is 7.45. The van der Waals surface area contributed by atoms with Gasteiger partial charge in [-0.3, -0.25) is 9.69 Å². The maximum atomic E-state index is 12.6. The van der Waals surface area contributed by atoms with E-state index in [0.717, 1.165) is 38.5 Å². The Labute approximate surface area is 130 Å². The molecule has 0 radical (unpaired) electrons. The van der Waals surface area contributed by atoms with Gasteiger partial charge in [0, 0.05) is 26.2 Å². The molecule has 0 bridgehead atoms. The average molecular weight is 300 g/mol. The molecule has 3 rings (SSSR count). The van der Waals surface area contributed by atoms with Crippen molar-refractivity contribution in [1.82, 2.24) is 9.80 Å². The van der Waals surface area contributed by atoms with Gasteiger partial charge in [0.2, 0.25) is 0 Å². The van der Waals surface area contributed by atoms with Crippen LogP contribution in [-0.4, -0.2) is 49.0 Å². The molecular formula is C17H20N2O3. The van der Waals surface area contributed by atoms with Crippen LogP contribution in [0.2, 0.25) is 0 Å². The monoisotopic (exact) mass is 300 g/mol. The van der Waals surface area contributed by atoms with E-state index in [-0.39, 0.29) is 5.91 Å². The molecule has 1 saturated heterocycles. The number of benzene rings is 1. The van der Waals surface area contributed by atoms with E-state index in [0.29, 0.717) is 11.3 Å². The van der Waals surface area contributed by atoms with E-state index in [4.69, 9.17) is 9.15 Å². The molecule has 0 saturated carbocycles. The maximum absolute atomic E-state index is 12.6. The van der Waals surface area contributed by atoms with Gasteiger partial charge in [0.25, 0.3) is 5.91 Å². The minimum atomic E-state index is 0.0371. The van der Waals surface area contributed by atoms with Crippen molar-refractivity contribution in [2.24, 2.45) is 0 Å². The number of nitrogens with zero attached hydrogens (tertiary/aromatic N) is 2. The predicted octanol–water partition coefficient (Wildman–Crippen LogP) is 2.25. The third-order valence-electron chi connectivity index (χ3n) is 3.96. The van der Waals surface area contributed by atoms with E-state index in [1.165, 1.54) is 0 Å². The highest BCUT2D eigenvalue weighted by Gasteiger charge is 2.24. The zero-order chi connectivity index (χ0) is 15.4. The summed E-state index contributed by atoms with van der Waals surface area (Å²) in [6.45, 7) is 3.93. The number of rotatable bonds is 4. The van der Waals surface area contributed by atoms with Gasteiger partial charge in [-0.25, -0.2) is 0 Å². The Morgan fingerprint density at radius 1 is 1.14 bits per heavy atom. The number of piperazine rings is 1. The smallest absolute Gasteiger partial charge is 0.257 e. The summed E-state index contributed by atoms with van der Waals surface area (Å²) in [6, 6.07) is 11.2. The van der Waals surface area contributed by atoms with Gasteiger partial charge in [0.1, 0.15) is 11.5 Å². The minimum absolute atomic E-state index is 0.0371. The van der Waals surface area contributed by atoms with E-state index < -0.39 is 0 Å². The third kappa shape index (κ3) is 3.14. The van der Waals surface area contributed by atoms with Gasteiger partial charge in [-0.1, -0.05) is 12.1 Å². The number of para-hydroxylation sites is 1. The molecule has 1 amide bonds. The number of ether oxygens (including phenoxy) is 1. The first-order valence-electron chi connectivity index (χ1n) is 7.45. The number of amides is 1. The molecule has 0 unspecified atom stereocenters. The van der Waals surface area contributed by atoms with Crippen molar-refractivity contribution >= 4 is 5.91 Å². The fourth-order valence-corrected chi connectivity index (χ4v) is 2.72. The number of carbonyl (C=O) groups is 1. The number of hydrogen-bond acceptors (Lipinski definition) is 4. The number of carbonyl (C=O) groups excluding carboxylic acids is 1. The molecule has 2 aromatic rings. The van der Waals surface area contributed by atoms with Gasteiger partial charge in [0.15, 0.2) is 0 Å². The molecule has 1 aliphatic heterocycles. The van der Waals surface area contributed by atoms with Crippen molar-refractivity contribution in [3.63, 3.8) is 0 Å². The average Bonchev–Trinajstić information content (AvgIpc) is 3.08. The summed E-state index contributed by atoms with van der Waals surface area (Å²) in [7, 11) is 1.59. The van der Waals surface area contributed by atoms with Crippen LogP contribution in [0.3, 0.4) is 0 Å². The molecule has 0 aliphatic carbocycles. The minimum Gasteiger partial charge on any atom is -0.496 e. The van der Waals surface area contributed by atoms with Crippen LogP contribution >= 0.6 is 0 Å². The summed E-state index contributed by atoms with van der Waals surface area (Å²) >= 11 is 0. The van der Waals surface area contributed by atoms with Crippen molar-refractivity contribution in [3.05, 3.63) is 54.0 Å². The van der Waals surface area contributed by atoms with Crippen LogP contribution in [0, 0.1) is 0 Å². The lowest BCUT2D eigenvalue weighted by Crippen LogP contribution is -2.48. The molecule has 22 heavy (non-hydrogen) atoms. The van der Waals surface area contributed by atoms with Crippen molar-refractivity contribution in [2.45, 2.75) is 6.54 Å². The number of methoxy groups -OCH3 is 1. The Bertz CT molecular complexity index is 617. The molecule has 2 heterocycles. The van der Waals surface area contributed by atoms with Crippen LogP contribution < -0.4 is 4.74 Å². The van der Waals surface area contributed by atoms with Crippen LogP contribution in [-0.2, 0) is 6.54 Å². The quantitative estimate of drug-likeness (QED) is 0.869. The topological polar surface area (TPSA) is 45.9 Å². The fraction of sp³-hybridized carbons (Fsp3) is 0.353. The van der Waals surface area contributed by atoms with Crippen molar-refractivity contribution in [1.29, 1.82) is 0 Å². The summed E-state index contributed by atoms with van der Waals surface area (Å²) < 4.78 is 10.6. The van der Waals surface area contributed by atoms with E-state index in [9.17, 15) is 4.79 Å². The Hall–Kier alpha value is -2.27. The van der Waals surface area contributed by atoms with Gasteiger partial charge in [-0.05, 0) is 24.3 Å². The summed E-state index contributed by atoms with van der Waals surface area (Å²) in [4.78, 5) is 16.8. The Kier molecular flexibility index (Phi) is 4.44. The van der Waals surface area contributed by atoms with Gasteiger partial charge in [-0.15, -0.1) is 0 Å². The second-order valence-electron chi connectivity index (χ2n) is 5.35. The lowest BCUT2D eigenvalue weighted by Gasteiger charge is -2.34. The molecule has 1 fully saturated rings. The first-order chi connectivity index (χ1) is 10.8. The predicted molar refractivity (Wildman–Crippen MR) is 82.9 cm³/mol. The Balaban J connectivity index is 1.60. The standard InChI is InChI=1S/C17H20N2O3/c1-21-16-7-3-2-6-15(16)17(20)19-10-8-18(9-11-19)13-14-5-4-12-22-14/h2-7,12H,8-11,13H2,1H3. The molecule has 116 valence electrons. The first kappa shape index (κ1) is 14.7. The largest absolute Gasteiger partial charge is 0.496 e. The van der Waals surface area contributed by atoms with Crippen molar-refractivity contribution in [2.75, 3.05) is 33.3 Å². The van der Waals surface area contributed by atoms with Crippen LogP contribution in [0.5, 0.6) is 5.75 Å². The van der Waals surface area contributed by atoms with Gasteiger partial charge in [-0.2, -0.15) is 0 Å². The second-order valence-corrected chi connectivity index (χ2v) is 5.35. The Morgan fingerprint density at radius 3 is 2.59 bits per heavy atom. The van der Waals surface area contributed by atoms with Crippen LogP contribution in [0.25, 0.3) is 0 Å². The second kappa shape index (κ2) is 6.66. The van der Waals surface area contributed by atoms with Gasteiger partial charge >= 0.3 is 0 Å². The lowest BCUT2D eigenvalue weighted by molar-refractivity contribution is 0.0617. The third-order valence-corrected chi connectivity index (χ3v) is 3.96. The van der Waals surface area contributed by atoms with E-state index in [1.807, 2.05) is 41.3 Å². The summed E-state index contributed by atoms with van der Waals surface area (Å²) in [5, 5.41) is 0. The molecule has 5 heteroatoms. The van der Waals surface area contributed by atoms with E-state index in [2.05, 4.69) is 4.90 Å². The SMILES string of the molecule is COc1ccccc1C(=O)N1CCN(Cc2ccco2)CC1. The zero-order valence-corrected chi connectivity index (χ0v) is 12.7. The van der Waals surface area contributed by atoms with E-state index >= 15 is 0 Å². The number of hydrogen-bond donors (Lipinski definition) is 0. The van der Waals surface area contributed by atoms with Crippen molar-refractivity contribution < 1.29 is 13.9 Å². The molecule has 0 spiro atoms. The Morgan fingerprint density at radius 2 is 1.91 bits per heavy atom. The highest BCUT2D eigenvalue weighted by molar-refractivity contribution is 5.97. The van der Waals surface area contributed by atoms with Crippen molar-refractivity contribution in [3.8, 4) is 5.75 Å². The molecule has 5 nitrogen and oxygen atoms in total. The molecular weight excluding hydrogens is 280 g/mol. The zero-order valence-electron chi connectivity index (χ0n) is 12.7. The fourth-order valence-electron chi connectivity index (χ4n) is 2.72. The molecule has 0 N–H and O–H groups in total. The van der Waals surface area contributed by atoms with Crippen LogP contribution in [0.15, 0.2) is 47.1 Å². The van der Waals surface area contributed by atoms with Gasteiger partial charge in [0.05, 0.1) is 25.5 Å². The summed E-state index contributed by atoms with van der Waals surface area (Å²) in [5.41, 5.74) is 0.629. The van der Waals surface area contributed by atoms with Crippen LogP contribution in [0.1, 0.15) is 16.1 Å². The number of furan rings is 1. The van der Waals surface area contributed by atoms with E-state index in [1.54, 1.807) is 13.4 Å². The van der Waals surface area contributed by atoms with Gasteiger partial charge < -0.3 is 14.1 Å². The summed E-state index contributed by atoms with van der Waals surface area (Å²) in [6.07, 6.45) is 1.69. The molecule has 1 aromatic heterocycles. The molecule has 1 aromatic carbocycles.